The second-order valence-electron chi connectivity index (χ2n) is 7.46. The molecule has 1 aliphatic rings. The molecule has 2 rings (SSSR count). The molecule has 27 heavy (non-hydrogen) atoms. The van der Waals surface area contributed by atoms with Crippen LogP contribution in [0.1, 0.15) is 33.3 Å². The minimum absolute atomic E-state index is 0.0337. The van der Waals surface area contributed by atoms with Crippen molar-refractivity contribution in [1.29, 1.82) is 0 Å². The van der Waals surface area contributed by atoms with Crippen molar-refractivity contribution in [1.82, 2.24) is 20.4 Å². The average molecular weight is 377 g/mol. The van der Waals surface area contributed by atoms with Crippen molar-refractivity contribution in [3.8, 4) is 5.75 Å². The highest BCUT2D eigenvalue weighted by Crippen LogP contribution is 2.15. The molecule has 1 aromatic rings. The van der Waals surface area contributed by atoms with Crippen LogP contribution < -0.4 is 15.4 Å². The Morgan fingerprint density at radius 1 is 1.11 bits per heavy atom. The number of carbonyl (C=O) groups is 2. The summed E-state index contributed by atoms with van der Waals surface area (Å²) in [6.45, 7) is 11.4. The summed E-state index contributed by atoms with van der Waals surface area (Å²) in [6.07, 6.45) is 0.119. The highest BCUT2D eigenvalue weighted by atomic mass is 16.5. The summed E-state index contributed by atoms with van der Waals surface area (Å²) < 4.78 is 5.68. The zero-order valence-corrected chi connectivity index (χ0v) is 16.8. The van der Waals surface area contributed by atoms with Crippen LogP contribution in [0.5, 0.6) is 5.75 Å². The Hall–Kier alpha value is -2.28. The number of carbonyl (C=O) groups excluding carboxylic acids is 2. The summed E-state index contributed by atoms with van der Waals surface area (Å²) in [7, 11) is 0. The number of rotatable bonds is 7. The molecule has 0 aliphatic carbocycles. The number of ether oxygens (including phenoxy) is 1. The fourth-order valence-corrected chi connectivity index (χ4v) is 2.97. The van der Waals surface area contributed by atoms with Gasteiger partial charge in [0, 0.05) is 38.8 Å². The van der Waals surface area contributed by atoms with Crippen LogP contribution in [0.3, 0.4) is 0 Å². The van der Waals surface area contributed by atoms with Gasteiger partial charge in [-0.2, -0.15) is 0 Å². The molecule has 0 saturated carbocycles. The van der Waals surface area contributed by atoms with E-state index in [1.165, 1.54) is 0 Å². The zero-order chi connectivity index (χ0) is 19.8. The molecule has 3 amide bonds. The van der Waals surface area contributed by atoms with Crippen molar-refractivity contribution >= 4 is 11.9 Å². The molecule has 0 unspecified atom stereocenters. The Balaban J connectivity index is 1.74. The molecule has 0 atom stereocenters. The monoisotopic (exact) mass is 376 g/mol. The van der Waals surface area contributed by atoms with Gasteiger partial charge in [-0.15, -0.1) is 0 Å². The molecule has 1 aliphatic heterocycles. The van der Waals surface area contributed by atoms with Crippen LogP contribution in [-0.2, 0) is 11.3 Å². The standard InChI is InChI=1S/C20H32N4O3/c1-15(2)22-19(25)14-23-8-10-24(11-9-23)20(26)21-13-17-6-5-7-18(12-17)27-16(3)4/h5-7,12,15-16H,8-11,13-14H2,1-4H3,(H,21,26)(H,22,25). The summed E-state index contributed by atoms with van der Waals surface area (Å²) in [6, 6.07) is 7.84. The number of hydrogen-bond donors (Lipinski definition) is 2. The minimum Gasteiger partial charge on any atom is -0.491 e. The van der Waals surface area contributed by atoms with Gasteiger partial charge in [0.15, 0.2) is 0 Å². The maximum absolute atomic E-state index is 12.4. The van der Waals surface area contributed by atoms with Gasteiger partial charge in [-0.3, -0.25) is 9.69 Å². The summed E-state index contributed by atoms with van der Waals surface area (Å²) in [5, 5.41) is 5.86. The molecule has 0 bridgehead atoms. The maximum atomic E-state index is 12.4. The first-order valence-electron chi connectivity index (χ1n) is 9.63. The Morgan fingerprint density at radius 2 is 1.81 bits per heavy atom. The highest BCUT2D eigenvalue weighted by molar-refractivity contribution is 5.78. The Bertz CT molecular complexity index is 625. The first-order chi connectivity index (χ1) is 12.8. The van der Waals surface area contributed by atoms with E-state index in [4.69, 9.17) is 4.74 Å². The van der Waals surface area contributed by atoms with Gasteiger partial charge in [-0.05, 0) is 45.4 Å². The summed E-state index contributed by atoms with van der Waals surface area (Å²) in [4.78, 5) is 28.1. The Kier molecular flexibility index (Phi) is 7.91. The van der Waals surface area contributed by atoms with Crippen molar-refractivity contribution < 1.29 is 14.3 Å². The molecule has 0 aromatic heterocycles. The summed E-state index contributed by atoms with van der Waals surface area (Å²) >= 11 is 0. The number of amides is 3. The van der Waals surface area contributed by atoms with E-state index < -0.39 is 0 Å². The van der Waals surface area contributed by atoms with Gasteiger partial charge in [0.05, 0.1) is 12.6 Å². The Morgan fingerprint density at radius 3 is 2.44 bits per heavy atom. The van der Waals surface area contributed by atoms with Crippen LogP contribution in [0.2, 0.25) is 0 Å². The Labute approximate surface area is 162 Å². The molecular weight excluding hydrogens is 344 g/mol. The van der Waals surface area contributed by atoms with Crippen molar-refractivity contribution in [3.05, 3.63) is 29.8 Å². The van der Waals surface area contributed by atoms with Gasteiger partial charge in [0.25, 0.3) is 0 Å². The van der Waals surface area contributed by atoms with Crippen molar-refractivity contribution in [2.24, 2.45) is 0 Å². The molecule has 7 heteroatoms. The van der Waals surface area contributed by atoms with E-state index in [2.05, 4.69) is 15.5 Å². The van der Waals surface area contributed by atoms with Crippen LogP contribution in [0, 0.1) is 0 Å². The van der Waals surface area contributed by atoms with Crippen LogP contribution in [-0.4, -0.2) is 66.6 Å². The van der Waals surface area contributed by atoms with E-state index in [0.717, 1.165) is 11.3 Å². The fourth-order valence-electron chi connectivity index (χ4n) is 2.97. The van der Waals surface area contributed by atoms with E-state index in [1.54, 1.807) is 4.90 Å². The SMILES string of the molecule is CC(C)NC(=O)CN1CCN(C(=O)NCc2cccc(OC(C)C)c2)CC1. The van der Waals surface area contributed by atoms with Crippen molar-refractivity contribution in [2.75, 3.05) is 32.7 Å². The molecule has 1 fully saturated rings. The van der Waals surface area contributed by atoms with Crippen LogP contribution in [0.4, 0.5) is 4.79 Å². The van der Waals surface area contributed by atoms with E-state index >= 15 is 0 Å². The van der Waals surface area contributed by atoms with Gasteiger partial charge in [-0.1, -0.05) is 12.1 Å². The fraction of sp³-hybridized carbons (Fsp3) is 0.600. The average Bonchev–Trinajstić information content (AvgIpc) is 2.59. The maximum Gasteiger partial charge on any atom is 0.317 e. The third-order valence-electron chi connectivity index (χ3n) is 4.19. The highest BCUT2D eigenvalue weighted by Gasteiger charge is 2.22. The van der Waals surface area contributed by atoms with E-state index in [1.807, 2.05) is 52.0 Å². The van der Waals surface area contributed by atoms with Crippen LogP contribution >= 0.6 is 0 Å². The van der Waals surface area contributed by atoms with E-state index in [0.29, 0.717) is 39.3 Å². The van der Waals surface area contributed by atoms with Gasteiger partial charge in [0.1, 0.15) is 5.75 Å². The normalized spacial score (nSPS) is 15.1. The number of hydrogen-bond acceptors (Lipinski definition) is 4. The van der Waals surface area contributed by atoms with Crippen molar-refractivity contribution in [3.63, 3.8) is 0 Å². The molecule has 1 heterocycles. The zero-order valence-electron chi connectivity index (χ0n) is 16.8. The molecule has 0 radical (unpaired) electrons. The second kappa shape index (κ2) is 10.2. The lowest BCUT2D eigenvalue weighted by molar-refractivity contribution is -0.123. The molecule has 150 valence electrons. The van der Waals surface area contributed by atoms with E-state index in [9.17, 15) is 9.59 Å². The quantitative estimate of drug-likeness (QED) is 0.761. The lowest BCUT2D eigenvalue weighted by Gasteiger charge is -2.34. The van der Waals surface area contributed by atoms with Gasteiger partial charge in [-0.25, -0.2) is 4.79 Å². The third kappa shape index (κ3) is 7.46. The predicted octanol–water partition coefficient (Wildman–Crippen LogP) is 1.83. The summed E-state index contributed by atoms with van der Waals surface area (Å²) in [5.74, 6) is 0.844. The van der Waals surface area contributed by atoms with Gasteiger partial charge >= 0.3 is 6.03 Å². The topological polar surface area (TPSA) is 73.9 Å². The lowest BCUT2D eigenvalue weighted by atomic mass is 10.2. The van der Waals surface area contributed by atoms with Crippen LogP contribution in [0.25, 0.3) is 0 Å². The lowest BCUT2D eigenvalue weighted by Crippen LogP contribution is -2.53. The van der Waals surface area contributed by atoms with Crippen molar-refractivity contribution in [2.45, 2.75) is 46.4 Å². The molecular formula is C20H32N4O3. The first kappa shape index (κ1) is 21.0. The minimum atomic E-state index is -0.0727. The number of urea groups is 1. The third-order valence-corrected chi connectivity index (χ3v) is 4.19. The first-order valence-corrected chi connectivity index (χ1v) is 9.63. The molecule has 2 N–H and O–H groups in total. The van der Waals surface area contributed by atoms with E-state index in [-0.39, 0.29) is 24.1 Å². The number of nitrogens with zero attached hydrogens (tertiary/aromatic N) is 2. The number of piperazine rings is 1. The van der Waals surface area contributed by atoms with Gasteiger partial charge < -0.3 is 20.3 Å². The number of benzene rings is 1. The second-order valence-corrected chi connectivity index (χ2v) is 7.46. The molecule has 1 saturated heterocycles. The molecule has 1 aromatic carbocycles. The summed E-state index contributed by atoms with van der Waals surface area (Å²) in [5.41, 5.74) is 1.01. The number of nitrogens with one attached hydrogen (secondary N) is 2. The van der Waals surface area contributed by atoms with Gasteiger partial charge in [0.2, 0.25) is 5.91 Å². The largest absolute Gasteiger partial charge is 0.491 e. The van der Waals surface area contributed by atoms with Crippen LogP contribution in [0.15, 0.2) is 24.3 Å². The molecule has 0 spiro atoms. The molecule has 7 nitrogen and oxygen atoms in total. The predicted molar refractivity (Wildman–Crippen MR) is 106 cm³/mol. The smallest absolute Gasteiger partial charge is 0.317 e.